The number of methoxy groups -OCH3 is 1. The molecule has 3 aromatic carbocycles. The molecule has 7 rings (SSSR count). The minimum atomic E-state index is -1.78. The summed E-state index contributed by atoms with van der Waals surface area (Å²) in [6.45, 7) is 0. The summed E-state index contributed by atoms with van der Waals surface area (Å²) in [6.07, 6.45) is 0. The number of rotatable bonds is 2. The first-order valence-electron chi connectivity index (χ1n) is 11.3. The van der Waals surface area contributed by atoms with Crippen molar-refractivity contribution in [3.8, 4) is 5.75 Å². The molecule has 4 heterocycles. The number of carbonyl (C=O) groups excluding carboxylic acids is 2. The lowest BCUT2D eigenvalue weighted by molar-refractivity contribution is -0.121. The van der Waals surface area contributed by atoms with E-state index >= 15 is 0 Å². The Kier molecular flexibility index (Phi) is 4.41. The number of thiazole rings is 1. The zero-order valence-electron chi connectivity index (χ0n) is 19.4. The summed E-state index contributed by atoms with van der Waals surface area (Å²) in [5.74, 6) is -0.620. The molecular formula is C27H16ClN3O5S. The average Bonchev–Trinajstić information content (AvgIpc) is 3.50. The molecule has 5 aromatic rings. The van der Waals surface area contributed by atoms with Crippen molar-refractivity contribution in [2.75, 3.05) is 24.0 Å². The van der Waals surface area contributed by atoms with Crippen molar-refractivity contribution in [1.82, 2.24) is 4.98 Å². The van der Waals surface area contributed by atoms with Gasteiger partial charge in [0.15, 0.2) is 16.1 Å². The Balaban J connectivity index is 1.61. The van der Waals surface area contributed by atoms with Crippen molar-refractivity contribution in [1.29, 1.82) is 0 Å². The number of likely N-dealkylation sites (N-methyl/N-ethyl adjacent to an activating group) is 1. The predicted molar refractivity (Wildman–Crippen MR) is 141 cm³/mol. The lowest BCUT2D eigenvalue weighted by Gasteiger charge is -2.31. The van der Waals surface area contributed by atoms with Crippen molar-refractivity contribution >= 4 is 66.8 Å². The maximum atomic E-state index is 14.2. The molecular weight excluding hydrogens is 514 g/mol. The molecule has 8 nitrogen and oxygen atoms in total. The number of nitrogens with zero attached hydrogens (tertiary/aromatic N) is 3. The molecule has 10 heteroatoms. The molecule has 0 aliphatic carbocycles. The van der Waals surface area contributed by atoms with E-state index in [1.807, 2.05) is 6.07 Å². The van der Waals surface area contributed by atoms with E-state index in [0.717, 1.165) is 4.70 Å². The molecule has 0 N–H and O–H groups in total. The maximum Gasteiger partial charge on any atom is 0.297 e. The molecule has 1 unspecified atom stereocenters. The van der Waals surface area contributed by atoms with Gasteiger partial charge in [0, 0.05) is 23.3 Å². The number of ether oxygens (including phenoxy) is 1. The lowest BCUT2D eigenvalue weighted by atomic mass is 9.84. The number of halogens is 1. The largest absolute Gasteiger partial charge is 0.497 e. The van der Waals surface area contributed by atoms with Crippen LogP contribution in [0, 0.1) is 0 Å². The second-order valence-electron chi connectivity index (χ2n) is 8.84. The van der Waals surface area contributed by atoms with Gasteiger partial charge < -0.3 is 14.1 Å². The van der Waals surface area contributed by atoms with E-state index in [1.165, 1.54) is 27.2 Å². The van der Waals surface area contributed by atoms with Crippen molar-refractivity contribution in [2.45, 2.75) is 5.54 Å². The zero-order chi connectivity index (χ0) is 25.6. The van der Waals surface area contributed by atoms with Crippen molar-refractivity contribution < 1.29 is 18.7 Å². The van der Waals surface area contributed by atoms with E-state index in [1.54, 1.807) is 62.7 Å². The molecule has 0 saturated carbocycles. The highest BCUT2D eigenvalue weighted by molar-refractivity contribution is 7.22. The fourth-order valence-corrected chi connectivity index (χ4v) is 6.57. The summed E-state index contributed by atoms with van der Waals surface area (Å²) in [4.78, 5) is 49.9. The van der Waals surface area contributed by atoms with E-state index in [0.29, 0.717) is 27.5 Å². The number of amides is 2. The number of anilines is 2. The van der Waals surface area contributed by atoms with Crippen LogP contribution < -0.4 is 20.0 Å². The summed E-state index contributed by atoms with van der Waals surface area (Å²) in [5, 5.41) is 0.791. The Labute approximate surface area is 218 Å². The standard InChI is InChI=1S/C27H16ClN3O5S/c1-30-18-6-4-3-5-16(18)27(25(30)34)21-22(32)15-11-13(28)7-10-19(15)36-23(21)24(33)31(27)26-29-17-9-8-14(35-2)12-20(17)37-26/h3-12H,1-2H3. The van der Waals surface area contributed by atoms with Crippen LogP contribution in [0.1, 0.15) is 21.7 Å². The maximum absolute atomic E-state index is 14.2. The number of benzene rings is 3. The molecule has 2 aliphatic heterocycles. The third kappa shape index (κ3) is 2.67. The quantitative estimate of drug-likeness (QED) is 0.321. The first-order valence-corrected chi connectivity index (χ1v) is 12.5. The van der Waals surface area contributed by atoms with Gasteiger partial charge in [0.25, 0.3) is 11.8 Å². The number of carbonyl (C=O) groups is 2. The van der Waals surface area contributed by atoms with E-state index in [2.05, 4.69) is 0 Å². The monoisotopic (exact) mass is 529 g/mol. The van der Waals surface area contributed by atoms with Crippen LogP contribution in [0.2, 0.25) is 5.02 Å². The molecule has 2 aromatic heterocycles. The van der Waals surface area contributed by atoms with Crippen LogP contribution in [0.5, 0.6) is 5.75 Å². The third-order valence-electron chi connectivity index (χ3n) is 6.99. The molecule has 1 spiro atoms. The van der Waals surface area contributed by atoms with E-state index in [4.69, 9.17) is 25.7 Å². The van der Waals surface area contributed by atoms with Gasteiger partial charge in [-0.1, -0.05) is 41.1 Å². The molecule has 0 saturated heterocycles. The van der Waals surface area contributed by atoms with Crippen LogP contribution in [0.3, 0.4) is 0 Å². The number of para-hydroxylation sites is 1. The van der Waals surface area contributed by atoms with Gasteiger partial charge in [-0.25, -0.2) is 4.98 Å². The number of fused-ring (bicyclic) bond motifs is 6. The Morgan fingerprint density at radius 3 is 2.68 bits per heavy atom. The first-order chi connectivity index (χ1) is 17.9. The Bertz CT molecular complexity index is 1900. The average molecular weight is 530 g/mol. The molecule has 1 atom stereocenters. The molecule has 2 amide bonds. The Morgan fingerprint density at radius 1 is 1.05 bits per heavy atom. The normalized spacial score (nSPS) is 18.4. The van der Waals surface area contributed by atoms with E-state index < -0.39 is 22.8 Å². The SMILES string of the molecule is COc1ccc2nc(N3C(=O)c4oc5ccc(Cl)cc5c(=O)c4C34C(=O)N(C)c3ccccc34)sc2c1. The van der Waals surface area contributed by atoms with Crippen LogP contribution in [-0.4, -0.2) is 31.0 Å². The Morgan fingerprint density at radius 2 is 1.86 bits per heavy atom. The highest BCUT2D eigenvalue weighted by Gasteiger charge is 2.65. The lowest BCUT2D eigenvalue weighted by Crippen LogP contribution is -2.53. The fraction of sp³-hybridized carbons (Fsp3) is 0.111. The fourth-order valence-electron chi connectivity index (χ4n) is 5.36. The van der Waals surface area contributed by atoms with Crippen LogP contribution in [-0.2, 0) is 10.3 Å². The van der Waals surface area contributed by atoms with E-state index in [-0.39, 0.29) is 27.4 Å². The predicted octanol–water partition coefficient (Wildman–Crippen LogP) is 4.95. The highest BCUT2D eigenvalue weighted by atomic mass is 35.5. The minimum absolute atomic E-state index is 0.0362. The first kappa shape index (κ1) is 22.0. The molecule has 0 bridgehead atoms. The minimum Gasteiger partial charge on any atom is -0.497 e. The summed E-state index contributed by atoms with van der Waals surface area (Å²) in [5.41, 5.74) is -0.386. The van der Waals surface area contributed by atoms with Gasteiger partial charge in [0.2, 0.25) is 5.76 Å². The van der Waals surface area contributed by atoms with Gasteiger partial charge in [-0.15, -0.1) is 0 Å². The second-order valence-corrected chi connectivity index (χ2v) is 10.3. The van der Waals surface area contributed by atoms with Crippen LogP contribution >= 0.6 is 22.9 Å². The van der Waals surface area contributed by atoms with Crippen molar-refractivity contribution in [3.63, 3.8) is 0 Å². The third-order valence-corrected chi connectivity index (χ3v) is 8.23. The molecule has 0 fully saturated rings. The Hall–Kier alpha value is -4.21. The van der Waals surface area contributed by atoms with Crippen LogP contribution in [0.15, 0.2) is 69.9 Å². The van der Waals surface area contributed by atoms with Crippen molar-refractivity contribution in [3.05, 3.63) is 92.8 Å². The summed E-state index contributed by atoms with van der Waals surface area (Å²) in [7, 11) is 3.19. The van der Waals surface area contributed by atoms with Gasteiger partial charge in [0.1, 0.15) is 11.3 Å². The summed E-state index contributed by atoms with van der Waals surface area (Å²) < 4.78 is 12.1. The molecule has 2 aliphatic rings. The second kappa shape index (κ2) is 7.41. The van der Waals surface area contributed by atoms with Crippen LogP contribution in [0.4, 0.5) is 10.8 Å². The molecule has 182 valence electrons. The highest BCUT2D eigenvalue weighted by Crippen LogP contribution is 2.54. The molecule has 37 heavy (non-hydrogen) atoms. The summed E-state index contributed by atoms with van der Waals surface area (Å²) in [6, 6.07) is 17.1. The zero-order valence-corrected chi connectivity index (χ0v) is 21.0. The van der Waals surface area contributed by atoms with Crippen molar-refractivity contribution in [2.24, 2.45) is 0 Å². The van der Waals surface area contributed by atoms with Gasteiger partial charge in [-0.2, -0.15) is 0 Å². The number of aromatic nitrogens is 1. The van der Waals surface area contributed by atoms with Gasteiger partial charge in [-0.3, -0.25) is 19.3 Å². The summed E-state index contributed by atoms with van der Waals surface area (Å²) >= 11 is 7.43. The van der Waals surface area contributed by atoms with Gasteiger partial charge >= 0.3 is 0 Å². The topological polar surface area (TPSA) is 93.0 Å². The smallest absolute Gasteiger partial charge is 0.297 e. The van der Waals surface area contributed by atoms with E-state index in [9.17, 15) is 14.4 Å². The number of hydrogen-bond donors (Lipinski definition) is 0. The van der Waals surface area contributed by atoms with Gasteiger partial charge in [-0.05, 0) is 42.5 Å². The van der Waals surface area contributed by atoms with Gasteiger partial charge in [0.05, 0.1) is 28.3 Å². The van der Waals surface area contributed by atoms with Crippen LogP contribution in [0.25, 0.3) is 21.2 Å². The number of hydrogen-bond acceptors (Lipinski definition) is 7. The molecule has 0 radical (unpaired) electrons.